The van der Waals surface area contributed by atoms with Gasteiger partial charge in [0.1, 0.15) is 0 Å². The molecule has 0 spiro atoms. The largest absolute Gasteiger partial charge is 0.466 e. The van der Waals surface area contributed by atoms with Gasteiger partial charge in [-0.2, -0.15) is 0 Å². The van der Waals surface area contributed by atoms with Gasteiger partial charge in [0.05, 0.1) is 25.4 Å². The van der Waals surface area contributed by atoms with E-state index >= 15 is 0 Å². The summed E-state index contributed by atoms with van der Waals surface area (Å²) in [6, 6.07) is -0.550. The Hall–Kier alpha value is -1.92. The molecule has 0 aromatic heterocycles. The van der Waals surface area contributed by atoms with Crippen LogP contribution in [0.15, 0.2) is 36.5 Å². The van der Waals surface area contributed by atoms with Gasteiger partial charge >= 0.3 is 5.97 Å². The molecule has 0 fully saturated rings. The van der Waals surface area contributed by atoms with Crippen LogP contribution in [0.4, 0.5) is 0 Å². The van der Waals surface area contributed by atoms with E-state index in [1.807, 2.05) is 0 Å². The third-order valence-electron chi connectivity index (χ3n) is 16.4. The van der Waals surface area contributed by atoms with E-state index in [9.17, 15) is 19.8 Å². The predicted octanol–water partition coefficient (Wildman–Crippen LogP) is 22.7. The zero-order chi connectivity index (χ0) is 56.4. The lowest BCUT2D eigenvalue weighted by atomic mass is 10.0. The van der Waals surface area contributed by atoms with Gasteiger partial charge in [-0.1, -0.05) is 326 Å². The summed E-state index contributed by atoms with van der Waals surface area (Å²) in [5.41, 5.74) is 0. The van der Waals surface area contributed by atoms with Crippen LogP contribution in [0.1, 0.15) is 386 Å². The molecule has 0 bridgehead atoms. The zero-order valence-electron chi connectivity index (χ0n) is 52.7. The minimum Gasteiger partial charge on any atom is -0.466 e. The number of hydrogen-bond acceptors (Lipinski definition) is 5. The number of ether oxygens (including phenoxy) is 1. The lowest BCUT2D eigenvalue weighted by molar-refractivity contribution is -0.143. The maximum atomic E-state index is 12.6. The van der Waals surface area contributed by atoms with Crippen molar-refractivity contribution < 1.29 is 24.5 Å². The molecule has 0 saturated carbocycles. The standard InChI is InChI=1S/C72H137NO5/c1-3-5-7-9-11-13-15-17-19-21-22-23-24-25-26-27-30-33-36-40-44-48-52-56-60-64-70(75)69(68-74)73-71(76)65-61-57-53-49-45-41-37-34-31-28-29-32-35-39-43-47-51-55-59-63-67-78-72(77)66-62-58-54-50-46-42-38-20-18-16-14-12-10-8-6-4-2/h14,16,20,28,31,38,69-70,74-75H,3-13,15,17-19,21-27,29-30,32-37,39-68H2,1-2H3,(H,73,76)/b16-14-,31-28-,38-20-. The quantitative estimate of drug-likeness (QED) is 0.0320. The Morgan fingerprint density at radius 2 is 0.641 bits per heavy atom. The molecule has 0 aliphatic heterocycles. The number of allylic oxidation sites excluding steroid dienone is 6. The first-order valence-corrected chi connectivity index (χ1v) is 35.2. The molecule has 2 atom stereocenters. The Kier molecular flexibility index (Phi) is 65.9. The molecule has 0 rings (SSSR count). The molecule has 0 radical (unpaired) electrons. The summed E-state index contributed by atoms with van der Waals surface area (Å²) in [6.45, 7) is 4.95. The number of hydrogen-bond donors (Lipinski definition) is 3. The van der Waals surface area contributed by atoms with Crippen LogP contribution in [0.2, 0.25) is 0 Å². The molecule has 0 aliphatic carbocycles. The molecule has 0 aromatic carbocycles. The van der Waals surface area contributed by atoms with Crippen molar-refractivity contribution >= 4 is 11.9 Å². The van der Waals surface area contributed by atoms with Crippen molar-refractivity contribution in [1.82, 2.24) is 5.32 Å². The number of rotatable bonds is 66. The molecule has 0 aliphatic rings. The summed E-state index contributed by atoms with van der Waals surface area (Å²) in [6.07, 6.45) is 86.1. The van der Waals surface area contributed by atoms with Gasteiger partial charge in [-0.25, -0.2) is 0 Å². The Morgan fingerprint density at radius 3 is 1.00 bits per heavy atom. The van der Waals surface area contributed by atoms with Crippen LogP contribution in [0, 0.1) is 0 Å². The van der Waals surface area contributed by atoms with Crippen molar-refractivity contribution in [1.29, 1.82) is 0 Å². The van der Waals surface area contributed by atoms with E-state index in [0.717, 1.165) is 51.4 Å². The Balaban J connectivity index is 3.43. The second kappa shape index (κ2) is 67.6. The van der Waals surface area contributed by atoms with Crippen LogP contribution in [0.3, 0.4) is 0 Å². The highest BCUT2D eigenvalue weighted by Crippen LogP contribution is 2.19. The highest BCUT2D eigenvalue weighted by atomic mass is 16.5. The molecule has 0 heterocycles. The second-order valence-electron chi connectivity index (χ2n) is 24.2. The van der Waals surface area contributed by atoms with Gasteiger partial charge in [0.15, 0.2) is 0 Å². The fourth-order valence-corrected chi connectivity index (χ4v) is 11.0. The van der Waals surface area contributed by atoms with Gasteiger partial charge in [-0.15, -0.1) is 0 Å². The smallest absolute Gasteiger partial charge is 0.305 e. The van der Waals surface area contributed by atoms with Crippen molar-refractivity contribution in [3.05, 3.63) is 36.5 Å². The first kappa shape index (κ1) is 76.1. The van der Waals surface area contributed by atoms with Gasteiger partial charge in [0.2, 0.25) is 5.91 Å². The molecule has 6 nitrogen and oxygen atoms in total. The van der Waals surface area contributed by atoms with Crippen molar-refractivity contribution in [2.75, 3.05) is 13.2 Å². The number of unbranched alkanes of at least 4 members (excludes halogenated alkanes) is 49. The highest BCUT2D eigenvalue weighted by Gasteiger charge is 2.20. The number of aliphatic hydroxyl groups is 2. The fraction of sp³-hybridized carbons (Fsp3) is 0.889. The molecule has 1 amide bonds. The summed E-state index contributed by atoms with van der Waals surface area (Å²) in [4.78, 5) is 24.6. The van der Waals surface area contributed by atoms with E-state index in [4.69, 9.17) is 4.74 Å². The number of nitrogens with one attached hydrogen (secondary N) is 1. The van der Waals surface area contributed by atoms with Gasteiger partial charge in [0.25, 0.3) is 0 Å². The van der Waals surface area contributed by atoms with E-state index in [2.05, 4.69) is 55.6 Å². The molecule has 78 heavy (non-hydrogen) atoms. The molecular formula is C72H137NO5. The van der Waals surface area contributed by atoms with Gasteiger partial charge in [-0.3, -0.25) is 9.59 Å². The Labute approximate surface area is 487 Å². The van der Waals surface area contributed by atoms with Gasteiger partial charge in [-0.05, 0) is 83.5 Å². The molecule has 0 saturated heterocycles. The summed E-state index contributed by atoms with van der Waals surface area (Å²) in [5.74, 6) is -0.0462. The van der Waals surface area contributed by atoms with E-state index in [1.54, 1.807) is 0 Å². The average molecular weight is 1100 g/mol. The SMILES string of the molecule is CCCCCC/C=C\C/C=C\CCCCCCCC(=O)OCCCCCCCCCCC/C=C\CCCCCCCCCC(=O)NC(CO)C(O)CCCCCCCCCCCCCCCCCCCCCCCCCCC. The molecule has 460 valence electrons. The number of carbonyl (C=O) groups excluding carboxylic acids is 2. The van der Waals surface area contributed by atoms with Crippen molar-refractivity contribution in [3.63, 3.8) is 0 Å². The third kappa shape index (κ3) is 63.3. The van der Waals surface area contributed by atoms with Crippen molar-refractivity contribution in [3.8, 4) is 0 Å². The Bertz CT molecular complexity index is 1260. The normalized spacial score (nSPS) is 12.7. The summed E-state index contributed by atoms with van der Waals surface area (Å²) in [7, 11) is 0. The topological polar surface area (TPSA) is 95.9 Å². The van der Waals surface area contributed by atoms with Gasteiger partial charge < -0.3 is 20.3 Å². The monoisotopic (exact) mass is 1100 g/mol. The van der Waals surface area contributed by atoms with Crippen LogP contribution < -0.4 is 5.32 Å². The van der Waals surface area contributed by atoms with Crippen LogP contribution in [0.5, 0.6) is 0 Å². The maximum absolute atomic E-state index is 12.6. The van der Waals surface area contributed by atoms with E-state index < -0.39 is 12.1 Å². The van der Waals surface area contributed by atoms with Crippen LogP contribution in [-0.2, 0) is 14.3 Å². The number of carbonyl (C=O) groups is 2. The number of amides is 1. The van der Waals surface area contributed by atoms with E-state index in [1.165, 1.54) is 302 Å². The molecule has 3 N–H and O–H groups in total. The van der Waals surface area contributed by atoms with Crippen LogP contribution in [0.25, 0.3) is 0 Å². The summed E-state index contributed by atoms with van der Waals surface area (Å²) in [5, 5.41) is 23.4. The third-order valence-corrected chi connectivity index (χ3v) is 16.4. The zero-order valence-corrected chi connectivity index (χ0v) is 52.7. The average Bonchev–Trinajstić information content (AvgIpc) is 3.44. The lowest BCUT2D eigenvalue weighted by Gasteiger charge is -2.22. The van der Waals surface area contributed by atoms with Crippen LogP contribution >= 0.6 is 0 Å². The van der Waals surface area contributed by atoms with E-state index in [0.29, 0.717) is 25.9 Å². The van der Waals surface area contributed by atoms with Crippen molar-refractivity contribution in [2.24, 2.45) is 0 Å². The minimum atomic E-state index is -0.672. The summed E-state index contributed by atoms with van der Waals surface area (Å²) >= 11 is 0. The maximum Gasteiger partial charge on any atom is 0.305 e. The number of esters is 1. The molecule has 6 heteroatoms. The Morgan fingerprint density at radius 1 is 0.359 bits per heavy atom. The fourth-order valence-electron chi connectivity index (χ4n) is 11.0. The van der Waals surface area contributed by atoms with Gasteiger partial charge in [0, 0.05) is 12.8 Å². The molecular weight excluding hydrogens is 959 g/mol. The first-order valence-electron chi connectivity index (χ1n) is 35.2. The van der Waals surface area contributed by atoms with E-state index in [-0.39, 0.29) is 18.5 Å². The predicted molar refractivity (Wildman–Crippen MR) is 343 cm³/mol. The first-order chi connectivity index (χ1) is 38.5. The minimum absolute atomic E-state index is 0.00645. The lowest BCUT2D eigenvalue weighted by Crippen LogP contribution is -2.45. The molecule has 0 aromatic rings. The highest BCUT2D eigenvalue weighted by molar-refractivity contribution is 5.76. The molecule has 2 unspecified atom stereocenters. The van der Waals surface area contributed by atoms with Crippen LogP contribution in [-0.4, -0.2) is 47.4 Å². The summed E-state index contributed by atoms with van der Waals surface area (Å²) < 4.78 is 5.48. The number of aliphatic hydroxyl groups excluding tert-OH is 2. The second-order valence-corrected chi connectivity index (χ2v) is 24.2. The van der Waals surface area contributed by atoms with Crippen molar-refractivity contribution in [2.45, 2.75) is 398 Å².